The summed E-state index contributed by atoms with van der Waals surface area (Å²) in [6, 6.07) is 14.0. The maximum atomic E-state index is 12.1. The number of para-hydroxylation sites is 1. The van der Waals surface area contributed by atoms with Gasteiger partial charge in [0, 0.05) is 36.4 Å². The van der Waals surface area contributed by atoms with Crippen LogP contribution in [-0.4, -0.2) is 30.9 Å². The lowest BCUT2D eigenvalue weighted by molar-refractivity contribution is -0.115. The van der Waals surface area contributed by atoms with Crippen molar-refractivity contribution in [1.29, 1.82) is 0 Å². The molecule has 0 saturated carbocycles. The van der Waals surface area contributed by atoms with Gasteiger partial charge in [0.05, 0.1) is 0 Å². The largest absolute Gasteiger partial charge is 0.350 e. The first-order chi connectivity index (χ1) is 13.5. The van der Waals surface area contributed by atoms with Crippen LogP contribution in [0.25, 0.3) is 0 Å². The Labute approximate surface area is 164 Å². The van der Waals surface area contributed by atoms with Crippen LogP contribution in [-0.2, 0) is 11.2 Å². The molecule has 4 N–H and O–H groups in total. The van der Waals surface area contributed by atoms with Gasteiger partial charge in [-0.2, -0.15) is 0 Å². The fourth-order valence-electron chi connectivity index (χ4n) is 2.53. The quantitative estimate of drug-likeness (QED) is 0.528. The van der Waals surface area contributed by atoms with Gasteiger partial charge in [-0.25, -0.2) is 4.79 Å². The Balaban J connectivity index is 1.73. The second-order valence-electron chi connectivity index (χ2n) is 6.13. The fourth-order valence-corrected chi connectivity index (χ4v) is 2.53. The Morgan fingerprint density at radius 2 is 1.50 bits per heavy atom. The molecule has 0 aliphatic heterocycles. The van der Waals surface area contributed by atoms with Crippen LogP contribution in [0.1, 0.15) is 36.2 Å². The first-order valence-corrected chi connectivity index (χ1v) is 9.34. The molecule has 2 aromatic carbocycles. The van der Waals surface area contributed by atoms with Gasteiger partial charge in [-0.15, -0.1) is 0 Å². The van der Waals surface area contributed by atoms with Gasteiger partial charge >= 0.3 is 6.03 Å². The summed E-state index contributed by atoms with van der Waals surface area (Å²) < 4.78 is 0. The number of amides is 4. The first-order valence-electron chi connectivity index (χ1n) is 9.34. The molecule has 0 aliphatic rings. The van der Waals surface area contributed by atoms with Crippen molar-refractivity contribution >= 4 is 29.2 Å². The molecule has 2 aromatic rings. The molecule has 2 rings (SSSR count). The van der Waals surface area contributed by atoms with Gasteiger partial charge in [-0.1, -0.05) is 32.0 Å². The van der Waals surface area contributed by atoms with Crippen molar-refractivity contribution < 1.29 is 14.4 Å². The molecule has 0 heterocycles. The van der Waals surface area contributed by atoms with E-state index in [2.05, 4.69) is 21.3 Å². The van der Waals surface area contributed by atoms with Crippen molar-refractivity contribution in [3.8, 4) is 0 Å². The number of rotatable bonds is 8. The molecule has 0 atom stereocenters. The van der Waals surface area contributed by atoms with Crippen LogP contribution in [0.15, 0.2) is 48.5 Å². The van der Waals surface area contributed by atoms with Crippen LogP contribution in [0.4, 0.5) is 16.2 Å². The molecule has 7 nitrogen and oxygen atoms in total. The summed E-state index contributed by atoms with van der Waals surface area (Å²) in [5, 5.41) is 11.0. The van der Waals surface area contributed by atoms with Gasteiger partial charge in [-0.05, 0) is 42.3 Å². The van der Waals surface area contributed by atoms with Gasteiger partial charge < -0.3 is 21.3 Å². The zero-order chi connectivity index (χ0) is 20.4. The summed E-state index contributed by atoms with van der Waals surface area (Å²) in [4.78, 5) is 35.5. The molecule has 0 saturated heterocycles. The third kappa shape index (κ3) is 6.42. The lowest BCUT2D eigenvalue weighted by Crippen LogP contribution is -2.36. The zero-order valence-corrected chi connectivity index (χ0v) is 16.2. The number of hydrogen-bond acceptors (Lipinski definition) is 3. The van der Waals surface area contributed by atoms with E-state index >= 15 is 0 Å². The Morgan fingerprint density at radius 3 is 2.18 bits per heavy atom. The SMILES string of the molecule is CCC(=O)Nc1ccc(C(=O)NCCNC(=O)Nc2ccccc2CC)cc1. The average molecular weight is 382 g/mol. The highest BCUT2D eigenvalue weighted by Crippen LogP contribution is 2.15. The smallest absolute Gasteiger partial charge is 0.319 e. The van der Waals surface area contributed by atoms with Crippen molar-refractivity contribution in [3.63, 3.8) is 0 Å². The molecule has 0 fully saturated rings. The van der Waals surface area contributed by atoms with Gasteiger partial charge in [0.25, 0.3) is 5.91 Å². The van der Waals surface area contributed by atoms with Crippen LogP contribution < -0.4 is 21.3 Å². The van der Waals surface area contributed by atoms with Crippen LogP contribution >= 0.6 is 0 Å². The van der Waals surface area contributed by atoms with E-state index in [1.54, 1.807) is 31.2 Å². The minimum atomic E-state index is -0.314. The number of carbonyl (C=O) groups is 3. The predicted molar refractivity (Wildman–Crippen MR) is 111 cm³/mol. The molecule has 7 heteroatoms. The maximum absolute atomic E-state index is 12.1. The normalized spacial score (nSPS) is 10.1. The topological polar surface area (TPSA) is 99.3 Å². The van der Waals surface area contributed by atoms with Crippen molar-refractivity contribution in [2.24, 2.45) is 0 Å². The van der Waals surface area contributed by atoms with E-state index < -0.39 is 0 Å². The van der Waals surface area contributed by atoms with E-state index in [4.69, 9.17) is 0 Å². The first kappa shape index (κ1) is 21.0. The lowest BCUT2D eigenvalue weighted by Gasteiger charge is -2.11. The standard InChI is InChI=1S/C21H26N4O3/c1-3-15-7-5-6-8-18(15)25-21(28)23-14-13-22-20(27)16-9-11-17(12-10-16)24-19(26)4-2/h5-12H,3-4,13-14H2,1-2H3,(H,22,27)(H,24,26)(H2,23,25,28). The Morgan fingerprint density at radius 1 is 0.821 bits per heavy atom. The van der Waals surface area contributed by atoms with Crippen molar-refractivity contribution in [2.75, 3.05) is 23.7 Å². The molecule has 0 bridgehead atoms. The van der Waals surface area contributed by atoms with Crippen molar-refractivity contribution in [1.82, 2.24) is 10.6 Å². The Kier molecular flexibility index (Phi) is 8.02. The van der Waals surface area contributed by atoms with Gasteiger partial charge in [0.15, 0.2) is 0 Å². The van der Waals surface area contributed by atoms with E-state index in [9.17, 15) is 14.4 Å². The Hall–Kier alpha value is -3.35. The summed E-state index contributed by atoms with van der Waals surface area (Å²) in [5.41, 5.74) is 2.97. The summed E-state index contributed by atoms with van der Waals surface area (Å²) in [6.45, 7) is 4.40. The number of carbonyl (C=O) groups excluding carboxylic acids is 3. The molecule has 0 aliphatic carbocycles. The lowest BCUT2D eigenvalue weighted by atomic mass is 10.1. The summed E-state index contributed by atoms with van der Waals surface area (Å²) >= 11 is 0. The number of aryl methyl sites for hydroxylation is 1. The molecule has 0 spiro atoms. The van der Waals surface area contributed by atoms with Gasteiger partial charge in [-0.3, -0.25) is 9.59 Å². The van der Waals surface area contributed by atoms with E-state index in [0.717, 1.165) is 17.7 Å². The highest BCUT2D eigenvalue weighted by atomic mass is 16.2. The minimum Gasteiger partial charge on any atom is -0.350 e. The number of urea groups is 1. The number of nitrogens with one attached hydrogen (secondary N) is 4. The van der Waals surface area contributed by atoms with Crippen LogP contribution in [0.5, 0.6) is 0 Å². The minimum absolute atomic E-state index is 0.0805. The zero-order valence-electron chi connectivity index (χ0n) is 16.2. The summed E-state index contributed by atoms with van der Waals surface area (Å²) in [6.07, 6.45) is 1.22. The van der Waals surface area contributed by atoms with E-state index in [-0.39, 0.29) is 17.8 Å². The Bertz CT molecular complexity index is 819. The molecule has 28 heavy (non-hydrogen) atoms. The van der Waals surface area contributed by atoms with Crippen molar-refractivity contribution in [2.45, 2.75) is 26.7 Å². The molecule has 148 valence electrons. The number of anilines is 2. The molecular weight excluding hydrogens is 356 g/mol. The van der Waals surface area contributed by atoms with Gasteiger partial charge in [0.2, 0.25) is 5.91 Å². The number of hydrogen-bond donors (Lipinski definition) is 4. The fraction of sp³-hybridized carbons (Fsp3) is 0.286. The van der Waals surface area contributed by atoms with Crippen molar-refractivity contribution in [3.05, 3.63) is 59.7 Å². The summed E-state index contributed by atoms with van der Waals surface area (Å²) in [5.74, 6) is -0.324. The monoisotopic (exact) mass is 382 g/mol. The maximum Gasteiger partial charge on any atom is 0.319 e. The molecular formula is C21H26N4O3. The predicted octanol–water partition coefficient (Wildman–Crippen LogP) is 3.15. The summed E-state index contributed by atoms with van der Waals surface area (Å²) in [7, 11) is 0. The number of benzene rings is 2. The highest BCUT2D eigenvalue weighted by Gasteiger charge is 2.07. The molecule has 0 unspecified atom stereocenters. The van der Waals surface area contributed by atoms with E-state index in [1.165, 1.54) is 0 Å². The van der Waals surface area contributed by atoms with Gasteiger partial charge in [0.1, 0.15) is 0 Å². The van der Waals surface area contributed by atoms with Crippen LogP contribution in [0.3, 0.4) is 0 Å². The molecule has 4 amide bonds. The second kappa shape index (κ2) is 10.7. The highest BCUT2D eigenvalue weighted by molar-refractivity contribution is 5.96. The van der Waals surface area contributed by atoms with E-state index in [0.29, 0.717) is 30.8 Å². The average Bonchev–Trinajstić information content (AvgIpc) is 2.71. The third-order valence-electron chi connectivity index (χ3n) is 4.09. The molecule has 0 radical (unpaired) electrons. The van der Waals surface area contributed by atoms with E-state index in [1.807, 2.05) is 31.2 Å². The molecule has 0 aromatic heterocycles. The third-order valence-corrected chi connectivity index (χ3v) is 4.09. The van der Waals surface area contributed by atoms with Crippen LogP contribution in [0, 0.1) is 0 Å². The van der Waals surface area contributed by atoms with Crippen LogP contribution in [0.2, 0.25) is 0 Å². The second-order valence-corrected chi connectivity index (χ2v) is 6.13.